The maximum Gasteiger partial charge on any atom is 0.236 e. The van der Waals surface area contributed by atoms with E-state index in [0.717, 1.165) is 16.9 Å². The molecule has 4 rings (SSSR count). The van der Waals surface area contributed by atoms with Crippen LogP contribution in [0.5, 0.6) is 5.75 Å². The molecular formula is C20H20FN5O2S. The third-order valence-corrected chi connectivity index (χ3v) is 5.93. The van der Waals surface area contributed by atoms with Crippen molar-refractivity contribution < 1.29 is 13.9 Å². The van der Waals surface area contributed by atoms with Crippen LogP contribution in [0.3, 0.4) is 0 Å². The molecule has 1 amide bonds. The molecule has 1 aromatic heterocycles. The molecular weight excluding hydrogens is 393 g/mol. The predicted molar refractivity (Wildman–Crippen MR) is 108 cm³/mol. The molecule has 0 bridgehead atoms. The Labute approximate surface area is 171 Å². The van der Waals surface area contributed by atoms with Crippen molar-refractivity contribution in [3.8, 4) is 5.75 Å². The van der Waals surface area contributed by atoms with E-state index in [4.69, 9.17) is 4.74 Å². The summed E-state index contributed by atoms with van der Waals surface area (Å²) in [4.78, 5) is 13.0. The van der Waals surface area contributed by atoms with Crippen LogP contribution in [0, 0.1) is 12.7 Å². The molecule has 2 N–H and O–H groups in total. The normalized spacial score (nSPS) is 17.9. The first-order valence-electron chi connectivity index (χ1n) is 9.06. The van der Waals surface area contributed by atoms with Crippen molar-refractivity contribution in [3.63, 3.8) is 0 Å². The highest BCUT2D eigenvalue weighted by molar-refractivity contribution is 8.00. The summed E-state index contributed by atoms with van der Waals surface area (Å²) in [7, 11) is 1.61. The largest absolute Gasteiger partial charge is 0.497 e. The maximum atomic E-state index is 13.4. The molecule has 1 aliphatic heterocycles. The highest BCUT2D eigenvalue weighted by atomic mass is 32.2. The Kier molecular flexibility index (Phi) is 5.39. The topological polar surface area (TPSA) is 81.1 Å². The van der Waals surface area contributed by atoms with Gasteiger partial charge in [-0.1, -0.05) is 36.0 Å². The number of aromatic nitrogens is 3. The minimum absolute atomic E-state index is 0.139. The molecule has 3 aromatic rings. The quantitative estimate of drug-likeness (QED) is 0.670. The van der Waals surface area contributed by atoms with Crippen molar-refractivity contribution in [3.05, 3.63) is 71.3 Å². The first kappa shape index (κ1) is 19.3. The van der Waals surface area contributed by atoms with E-state index >= 15 is 0 Å². The second-order valence-corrected chi connectivity index (χ2v) is 7.74. The second kappa shape index (κ2) is 8.12. The lowest BCUT2D eigenvalue weighted by atomic mass is 10.0. The zero-order valence-corrected chi connectivity index (χ0v) is 16.7. The molecule has 2 unspecified atom stereocenters. The van der Waals surface area contributed by atoms with E-state index in [1.165, 1.54) is 23.9 Å². The molecule has 0 fully saturated rings. The molecule has 0 saturated carbocycles. The number of benzene rings is 2. The van der Waals surface area contributed by atoms with Gasteiger partial charge in [-0.15, -0.1) is 10.2 Å². The molecule has 0 radical (unpaired) electrons. The van der Waals surface area contributed by atoms with E-state index in [1.54, 1.807) is 23.9 Å². The Morgan fingerprint density at radius 1 is 1.21 bits per heavy atom. The summed E-state index contributed by atoms with van der Waals surface area (Å²) in [6, 6.07) is 13.3. The average Bonchev–Trinajstić information content (AvgIpc) is 3.12. The minimum Gasteiger partial charge on any atom is -0.497 e. The number of hydrogen-bond donors (Lipinski definition) is 2. The summed E-state index contributed by atoms with van der Waals surface area (Å²) in [6.45, 7) is 2.22. The van der Waals surface area contributed by atoms with E-state index in [9.17, 15) is 9.18 Å². The van der Waals surface area contributed by atoms with Crippen LogP contribution in [0.15, 0.2) is 53.7 Å². The summed E-state index contributed by atoms with van der Waals surface area (Å²) >= 11 is 1.34. The second-order valence-electron chi connectivity index (χ2n) is 6.63. The Balaban J connectivity index is 1.54. The van der Waals surface area contributed by atoms with Crippen LogP contribution < -0.4 is 15.5 Å². The average molecular weight is 413 g/mol. The number of carbonyl (C=O) groups excluding carboxylic acids is 1. The number of aryl methyl sites for hydroxylation is 1. The van der Waals surface area contributed by atoms with Gasteiger partial charge in [0.1, 0.15) is 22.6 Å². The fourth-order valence-corrected chi connectivity index (χ4v) is 4.26. The summed E-state index contributed by atoms with van der Waals surface area (Å²) in [5.41, 5.74) is 5.07. The molecule has 2 heterocycles. The Morgan fingerprint density at radius 3 is 2.62 bits per heavy atom. The Bertz CT molecular complexity index is 1010. The monoisotopic (exact) mass is 413 g/mol. The molecule has 2 aromatic carbocycles. The third kappa shape index (κ3) is 4.04. The van der Waals surface area contributed by atoms with Crippen molar-refractivity contribution in [2.75, 3.05) is 12.5 Å². The van der Waals surface area contributed by atoms with Gasteiger partial charge in [-0.25, -0.2) is 9.07 Å². The van der Waals surface area contributed by atoms with Crippen molar-refractivity contribution in [1.29, 1.82) is 0 Å². The first-order chi connectivity index (χ1) is 14.0. The third-order valence-electron chi connectivity index (χ3n) is 4.71. The number of hydrogen-bond acceptors (Lipinski definition) is 6. The lowest BCUT2D eigenvalue weighted by molar-refractivity contribution is -0.121. The van der Waals surface area contributed by atoms with Gasteiger partial charge in [0.25, 0.3) is 0 Å². The van der Waals surface area contributed by atoms with E-state index < -0.39 is 5.25 Å². The van der Waals surface area contributed by atoms with Crippen LogP contribution in [-0.4, -0.2) is 33.1 Å². The molecule has 7 nitrogen and oxygen atoms in total. The fraction of sp³-hybridized carbons (Fsp3) is 0.250. The number of halogens is 1. The van der Waals surface area contributed by atoms with Gasteiger partial charge in [-0.2, -0.15) is 0 Å². The van der Waals surface area contributed by atoms with Gasteiger partial charge in [0.2, 0.25) is 11.1 Å². The number of methoxy groups -OCH3 is 1. The van der Waals surface area contributed by atoms with Crippen LogP contribution in [0.2, 0.25) is 0 Å². The SMILES string of the molecule is COc1ccc(CNC(=O)C2Sc3nnc(C)n3NC2c2ccc(F)cc2)cc1. The number of fused-ring (bicyclic) bond motifs is 1. The zero-order valence-electron chi connectivity index (χ0n) is 15.9. The molecule has 29 heavy (non-hydrogen) atoms. The number of carbonyl (C=O) groups is 1. The van der Waals surface area contributed by atoms with Crippen LogP contribution in [0.4, 0.5) is 4.39 Å². The summed E-state index contributed by atoms with van der Waals surface area (Å²) in [6.07, 6.45) is 0. The van der Waals surface area contributed by atoms with Crippen molar-refractivity contribution >= 4 is 17.7 Å². The van der Waals surface area contributed by atoms with Crippen molar-refractivity contribution in [1.82, 2.24) is 20.2 Å². The number of rotatable bonds is 5. The number of ether oxygens (including phenoxy) is 1. The smallest absolute Gasteiger partial charge is 0.236 e. The highest BCUT2D eigenvalue weighted by Crippen LogP contribution is 2.37. The summed E-state index contributed by atoms with van der Waals surface area (Å²) < 4.78 is 20.3. The van der Waals surface area contributed by atoms with Crippen LogP contribution >= 0.6 is 11.8 Å². The molecule has 9 heteroatoms. The highest BCUT2D eigenvalue weighted by Gasteiger charge is 2.37. The molecule has 1 aliphatic rings. The van der Waals surface area contributed by atoms with Crippen LogP contribution in [0.25, 0.3) is 0 Å². The molecule has 2 atom stereocenters. The molecule has 0 saturated heterocycles. The number of nitrogens with one attached hydrogen (secondary N) is 2. The Hall–Kier alpha value is -3.07. The van der Waals surface area contributed by atoms with E-state index in [0.29, 0.717) is 17.5 Å². The molecule has 150 valence electrons. The Morgan fingerprint density at radius 2 is 1.93 bits per heavy atom. The predicted octanol–water partition coefficient (Wildman–Crippen LogP) is 2.81. The van der Waals surface area contributed by atoms with Crippen molar-refractivity contribution in [2.24, 2.45) is 0 Å². The van der Waals surface area contributed by atoms with E-state index in [2.05, 4.69) is 20.9 Å². The maximum absolute atomic E-state index is 13.4. The summed E-state index contributed by atoms with van der Waals surface area (Å²) in [5.74, 6) is 0.994. The van der Waals surface area contributed by atoms with Gasteiger partial charge < -0.3 is 15.5 Å². The van der Waals surface area contributed by atoms with Crippen LogP contribution in [0.1, 0.15) is 23.0 Å². The van der Waals surface area contributed by atoms with Gasteiger partial charge >= 0.3 is 0 Å². The van der Waals surface area contributed by atoms with Gasteiger partial charge in [0.05, 0.1) is 13.2 Å². The number of amides is 1. The van der Waals surface area contributed by atoms with Gasteiger partial charge in [0.15, 0.2) is 0 Å². The fourth-order valence-electron chi connectivity index (χ4n) is 3.11. The number of thioether (sulfide) groups is 1. The van der Waals surface area contributed by atoms with Gasteiger partial charge in [-0.3, -0.25) is 4.79 Å². The molecule has 0 aliphatic carbocycles. The first-order valence-corrected chi connectivity index (χ1v) is 9.94. The molecule has 0 spiro atoms. The minimum atomic E-state index is -0.491. The van der Waals surface area contributed by atoms with E-state index in [1.807, 2.05) is 31.2 Å². The zero-order chi connectivity index (χ0) is 20.4. The van der Waals surface area contributed by atoms with Crippen LogP contribution in [-0.2, 0) is 11.3 Å². The summed E-state index contributed by atoms with van der Waals surface area (Å²) in [5, 5.41) is 11.3. The van der Waals surface area contributed by atoms with Crippen molar-refractivity contribution in [2.45, 2.75) is 29.9 Å². The van der Waals surface area contributed by atoms with Gasteiger partial charge in [0, 0.05) is 6.54 Å². The van der Waals surface area contributed by atoms with Gasteiger partial charge in [-0.05, 0) is 42.3 Å². The van der Waals surface area contributed by atoms with E-state index in [-0.39, 0.29) is 17.8 Å². The standard InChI is InChI=1S/C20H20FN5O2S/c1-12-23-24-20-26(12)25-17(14-5-7-15(21)8-6-14)18(29-20)19(27)22-11-13-3-9-16(28-2)10-4-13/h3-10,17-18,25H,11H2,1-2H3,(H,22,27). The number of nitrogens with zero attached hydrogens (tertiary/aromatic N) is 3. The lowest BCUT2D eigenvalue weighted by Crippen LogP contribution is -2.44. The lowest BCUT2D eigenvalue weighted by Gasteiger charge is -2.32.